The van der Waals surface area contributed by atoms with Crippen LogP contribution in [0.3, 0.4) is 0 Å². The highest BCUT2D eigenvalue weighted by molar-refractivity contribution is 6.85. The van der Waals surface area contributed by atoms with E-state index in [0.717, 1.165) is 0 Å². The molecule has 3 aliphatic rings. The molecule has 12 heteroatoms. The lowest BCUT2D eigenvalue weighted by molar-refractivity contribution is -0.215. The number of hydrogen-bond donors (Lipinski definition) is 1. The van der Waals surface area contributed by atoms with Gasteiger partial charge in [-0.1, -0.05) is 117 Å². The van der Waals surface area contributed by atoms with Crippen molar-refractivity contribution in [3.05, 3.63) is 12.7 Å². The fourth-order valence-electron chi connectivity index (χ4n) is 8.19. The third-order valence-electron chi connectivity index (χ3n) is 10.7. The topological polar surface area (TPSA) is 84.8 Å². The van der Waals surface area contributed by atoms with Gasteiger partial charge in [-0.05, 0) is 44.3 Å². The van der Waals surface area contributed by atoms with Crippen LogP contribution in [0, 0.1) is 0 Å². The van der Waals surface area contributed by atoms with E-state index in [1.54, 1.807) is 6.08 Å². The Bertz CT molecular complexity index is 956. The van der Waals surface area contributed by atoms with Crippen molar-refractivity contribution >= 4 is 34.2 Å². The third-order valence-corrected chi connectivity index (χ3v) is 31.3. The van der Waals surface area contributed by atoms with Crippen molar-refractivity contribution in [3.63, 3.8) is 0 Å². The molecule has 6 unspecified atom stereocenters. The molecule has 2 aliphatic heterocycles. The molecule has 45 heavy (non-hydrogen) atoms. The van der Waals surface area contributed by atoms with Crippen LogP contribution in [-0.4, -0.2) is 82.6 Å². The lowest BCUT2D eigenvalue weighted by Gasteiger charge is -2.51. The maximum absolute atomic E-state index is 12.5. The van der Waals surface area contributed by atoms with Crippen LogP contribution < -0.4 is 0 Å². The van der Waals surface area contributed by atoms with Crippen LogP contribution in [0.5, 0.6) is 0 Å². The molecule has 264 valence electrons. The van der Waals surface area contributed by atoms with Crippen LogP contribution in [0.1, 0.15) is 111 Å². The van der Waals surface area contributed by atoms with Crippen LogP contribution in [0.4, 0.5) is 0 Å². The minimum absolute atomic E-state index is 0.137. The molecule has 1 saturated carbocycles. The van der Waals surface area contributed by atoms with Crippen molar-refractivity contribution in [1.29, 1.82) is 0 Å². The van der Waals surface area contributed by atoms with E-state index in [1.807, 2.05) is 0 Å². The second kappa shape index (κ2) is 14.6. The van der Waals surface area contributed by atoms with Crippen LogP contribution in [-0.2, 0) is 30.7 Å². The molecule has 8 nitrogen and oxygen atoms in total. The standard InChI is InChI=1S/C33H68O8Si4/c1-18-19-35-29-28(34)30-32(38-44(24(10)11,25(12)13)40-42(36-30,20(2)3)21(4)5)33-31(29)37-43(22(6)7,23(8)9)41-45(39-33,26(14)15)27(16)17/h18,20-34H,1,19H2,2-17H3. The van der Waals surface area contributed by atoms with E-state index in [0.29, 0.717) is 0 Å². The zero-order chi connectivity index (χ0) is 34.4. The second-order valence-electron chi connectivity index (χ2n) is 16.2. The van der Waals surface area contributed by atoms with Crippen LogP contribution in [0.2, 0.25) is 44.3 Å². The van der Waals surface area contributed by atoms with Gasteiger partial charge in [-0.15, -0.1) is 6.58 Å². The highest BCUT2D eigenvalue weighted by atomic mass is 28.5. The maximum atomic E-state index is 12.5. The number of rotatable bonds is 11. The van der Waals surface area contributed by atoms with E-state index in [2.05, 4.69) is 117 Å². The molecule has 0 aromatic heterocycles. The number of fused-ring (bicyclic) bond motifs is 3. The average Bonchev–Trinajstić information content (AvgIpc) is 3.21. The summed E-state index contributed by atoms with van der Waals surface area (Å²) in [6.07, 6.45) is -2.48. The fourth-order valence-corrected chi connectivity index (χ4v) is 30.8. The van der Waals surface area contributed by atoms with E-state index in [1.165, 1.54) is 0 Å². The molecule has 2 saturated heterocycles. The van der Waals surface area contributed by atoms with Crippen molar-refractivity contribution < 1.29 is 35.8 Å². The largest absolute Gasteiger partial charge is 0.414 e. The number of aliphatic hydroxyl groups excluding tert-OH is 1. The van der Waals surface area contributed by atoms with Gasteiger partial charge in [0, 0.05) is 0 Å². The highest BCUT2D eigenvalue weighted by Crippen LogP contribution is 2.54. The predicted molar refractivity (Wildman–Crippen MR) is 191 cm³/mol. The average molecular weight is 705 g/mol. The number of hydrogen-bond acceptors (Lipinski definition) is 8. The molecule has 1 aliphatic carbocycles. The minimum atomic E-state index is -2.99. The fraction of sp³-hybridized carbons (Fsp3) is 0.939. The van der Waals surface area contributed by atoms with E-state index in [9.17, 15) is 5.11 Å². The van der Waals surface area contributed by atoms with Crippen molar-refractivity contribution in [2.24, 2.45) is 0 Å². The first-order valence-electron chi connectivity index (χ1n) is 17.7. The quantitative estimate of drug-likeness (QED) is 0.169. The van der Waals surface area contributed by atoms with Crippen molar-refractivity contribution in [2.75, 3.05) is 6.61 Å². The van der Waals surface area contributed by atoms with Gasteiger partial charge in [-0.3, -0.25) is 0 Å². The molecule has 0 aromatic carbocycles. The lowest BCUT2D eigenvalue weighted by Crippen LogP contribution is -2.70. The summed E-state index contributed by atoms with van der Waals surface area (Å²) in [5, 5.41) is 12.5. The van der Waals surface area contributed by atoms with Gasteiger partial charge in [0.05, 0.1) is 6.61 Å². The van der Waals surface area contributed by atoms with Gasteiger partial charge >= 0.3 is 34.2 Å². The predicted octanol–water partition coefficient (Wildman–Crippen LogP) is 8.58. The molecular formula is C33H68O8Si4. The Kier molecular flexibility index (Phi) is 12.9. The Hall–Kier alpha value is 0.288. The SMILES string of the molecule is C=CCOC1C(O)C2O[Si](C(C)C)(C(C)C)O[Si](C(C)C)(C(C)C)OC2C2O[Si](C(C)C)(C(C)C)O[Si](C(C)C)(C(C)C)OC12. The summed E-state index contributed by atoms with van der Waals surface area (Å²) in [4.78, 5) is 0. The summed E-state index contributed by atoms with van der Waals surface area (Å²) in [7, 11) is -11.9. The van der Waals surface area contributed by atoms with Gasteiger partial charge in [-0.25, -0.2) is 0 Å². The van der Waals surface area contributed by atoms with Gasteiger partial charge < -0.3 is 35.8 Å². The summed E-state index contributed by atoms with van der Waals surface area (Å²) in [5.41, 5.74) is 1.18. The molecule has 3 rings (SSSR count). The number of ether oxygens (including phenoxy) is 1. The molecule has 6 atom stereocenters. The zero-order valence-corrected chi connectivity index (χ0v) is 35.4. The van der Waals surface area contributed by atoms with Gasteiger partial charge in [0.15, 0.2) is 0 Å². The highest BCUT2D eigenvalue weighted by Gasteiger charge is 2.70. The molecule has 0 bridgehead atoms. The Morgan fingerprint density at radius 3 is 1.07 bits per heavy atom. The zero-order valence-electron chi connectivity index (χ0n) is 31.4. The Balaban J connectivity index is 2.42. The van der Waals surface area contributed by atoms with Crippen molar-refractivity contribution in [3.8, 4) is 0 Å². The molecular weight excluding hydrogens is 637 g/mol. The normalized spacial score (nSPS) is 32.8. The first-order valence-corrected chi connectivity index (χ1v) is 25.6. The molecule has 3 fully saturated rings. The monoisotopic (exact) mass is 704 g/mol. The Morgan fingerprint density at radius 2 is 0.778 bits per heavy atom. The van der Waals surface area contributed by atoms with Crippen molar-refractivity contribution in [1.82, 2.24) is 0 Å². The van der Waals surface area contributed by atoms with E-state index < -0.39 is 70.9 Å². The molecule has 0 spiro atoms. The molecule has 0 amide bonds. The Labute approximate surface area is 280 Å². The van der Waals surface area contributed by atoms with E-state index in [-0.39, 0.29) is 50.9 Å². The number of aliphatic hydroxyl groups is 1. The smallest absolute Gasteiger partial charge is 0.335 e. The molecule has 2 heterocycles. The summed E-state index contributed by atoms with van der Waals surface area (Å²) in [5.74, 6) is 0. The van der Waals surface area contributed by atoms with Gasteiger partial charge in [0.25, 0.3) is 0 Å². The van der Waals surface area contributed by atoms with Crippen LogP contribution in [0.15, 0.2) is 12.7 Å². The third kappa shape index (κ3) is 6.75. The summed E-state index contributed by atoms with van der Waals surface area (Å²) in [6.45, 7) is 39.7. The van der Waals surface area contributed by atoms with Crippen LogP contribution >= 0.6 is 0 Å². The first-order chi connectivity index (χ1) is 20.7. The van der Waals surface area contributed by atoms with Gasteiger partial charge in [-0.2, -0.15) is 0 Å². The van der Waals surface area contributed by atoms with E-state index >= 15 is 0 Å². The summed E-state index contributed by atoms with van der Waals surface area (Å²) in [6, 6.07) is 0. The Morgan fingerprint density at radius 1 is 0.511 bits per heavy atom. The molecule has 0 radical (unpaired) electrons. The van der Waals surface area contributed by atoms with Gasteiger partial charge in [0.2, 0.25) is 0 Å². The van der Waals surface area contributed by atoms with Crippen LogP contribution in [0.25, 0.3) is 0 Å². The van der Waals surface area contributed by atoms with E-state index in [4.69, 9.17) is 30.7 Å². The molecule has 0 aromatic rings. The lowest BCUT2D eigenvalue weighted by atomic mass is 9.85. The summed E-state index contributed by atoms with van der Waals surface area (Å²) >= 11 is 0. The maximum Gasteiger partial charge on any atom is 0.335 e. The van der Waals surface area contributed by atoms with Crippen molar-refractivity contribution in [2.45, 2.75) is 192 Å². The summed E-state index contributed by atoms with van der Waals surface area (Å²) < 4.78 is 51.5. The second-order valence-corrected chi connectivity index (χ2v) is 33.8. The molecule has 1 N–H and O–H groups in total. The van der Waals surface area contributed by atoms with Gasteiger partial charge in [0.1, 0.15) is 36.6 Å². The minimum Gasteiger partial charge on any atom is -0.414 e. The first kappa shape index (κ1) is 39.7.